The molecule has 6 nitrogen and oxygen atoms in total. The molecule has 1 fully saturated rings. The van der Waals surface area contributed by atoms with Gasteiger partial charge in [0.05, 0.1) is 6.61 Å². The molecule has 0 unspecified atom stereocenters. The molecule has 20 heavy (non-hydrogen) atoms. The van der Waals surface area contributed by atoms with Gasteiger partial charge in [-0.05, 0) is 34.6 Å². The van der Waals surface area contributed by atoms with E-state index >= 15 is 0 Å². The van der Waals surface area contributed by atoms with Crippen molar-refractivity contribution in [3.05, 3.63) is 0 Å². The summed E-state index contributed by atoms with van der Waals surface area (Å²) in [6.45, 7) is 10.4. The molecule has 1 saturated heterocycles. The van der Waals surface area contributed by atoms with Gasteiger partial charge in [0, 0.05) is 30.5 Å². The molecule has 0 aromatic rings. The summed E-state index contributed by atoms with van der Waals surface area (Å²) < 4.78 is 15.3. The number of carbonyl (C=O) groups is 1. The number of carbonyl (C=O) groups excluding carboxylic acids is 1. The first-order valence-corrected chi connectivity index (χ1v) is 7.07. The first-order chi connectivity index (χ1) is 9.19. The maximum absolute atomic E-state index is 12.2. The molecule has 1 radical (unpaired) electrons. The highest BCUT2D eigenvalue weighted by Gasteiger charge is 2.47. The summed E-state index contributed by atoms with van der Waals surface area (Å²) in [6, 6.07) is 0. The molecule has 6 heteroatoms. The second-order valence-electron chi connectivity index (χ2n) is 6.36. The Morgan fingerprint density at radius 1 is 1.15 bits per heavy atom. The average Bonchev–Trinajstić information content (AvgIpc) is 2.31. The van der Waals surface area contributed by atoms with E-state index in [-0.39, 0.29) is 12.7 Å². The highest BCUT2D eigenvalue weighted by molar-refractivity contribution is 5.60. The minimum atomic E-state index is -0.694. The summed E-state index contributed by atoms with van der Waals surface area (Å²) in [5, 5.41) is 13.3. The second-order valence-corrected chi connectivity index (χ2v) is 6.36. The van der Waals surface area contributed by atoms with Crippen LogP contribution in [-0.2, 0) is 19.4 Å². The van der Waals surface area contributed by atoms with Crippen molar-refractivity contribution in [3.8, 4) is 0 Å². The number of hydroxylamine groups is 2. The molecule has 1 aliphatic rings. The number of ether oxygens (including phenoxy) is 3. The quantitative estimate of drug-likeness (QED) is 0.574. The summed E-state index contributed by atoms with van der Waals surface area (Å²) in [5.41, 5.74) is -1.12. The molecule has 0 amide bonds. The van der Waals surface area contributed by atoms with Crippen molar-refractivity contribution in [2.24, 2.45) is 0 Å². The Bertz CT molecular complexity index is 312. The van der Waals surface area contributed by atoms with Gasteiger partial charge in [-0.25, -0.2) is 4.79 Å². The Labute approximate surface area is 120 Å². The van der Waals surface area contributed by atoms with Gasteiger partial charge in [-0.1, -0.05) is 0 Å². The molecule has 1 rings (SSSR count). The highest BCUT2D eigenvalue weighted by Crippen LogP contribution is 2.38. The molecule has 0 N–H and O–H groups in total. The van der Waals surface area contributed by atoms with E-state index in [2.05, 4.69) is 0 Å². The molecule has 0 aromatic carbocycles. The van der Waals surface area contributed by atoms with E-state index in [1.54, 1.807) is 0 Å². The fourth-order valence-electron chi connectivity index (χ4n) is 2.75. The van der Waals surface area contributed by atoms with Gasteiger partial charge in [-0.3, -0.25) is 0 Å². The van der Waals surface area contributed by atoms with Crippen LogP contribution in [0.4, 0.5) is 4.79 Å². The van der Waals surface area contributed by atoms with E-state index < -0.39 is 17.2 Å². The zero-order valence-electron chi connectivity index (χ0n) is 13.1. The fourth-order valence-corrected chi connectivity index (χ4v) is 2.75. The standard InChI is InChI=1S/C14H26NO5/c1-6-18-7-8-19-12(16)20-11-9-13(2,3)15(17)14(4,5)10-11/h11H,6-10H2,1-5H3. The third kappa shape index (κ3) is 4.61. The van der Waals surface area contributed by atoms with Crippen LogP contribution in [0.5, 0.6) is 0 Å². The van der Waals surface area contributed by atoms with Crippen molar-refractivity contribution in [1.82, 2.24) is 5.06 Å². The fraction of sp³-hybridized carbons (Fsp3) is 0.929. The van der Waals surface area contributed by atoms with E-state index in [9.17, 15) is 10.0 Å². The topological polar surface area (TPSA) is 67.9 Å². The van der Waals surface area contributed by atoms with Crippen molar-refractivity contribution in [1.29, 1.82) is 0 Å². The minimum absolute atomic E-state index is 0.180. The Morgan fingerprint density at radius 2 is 1.70 bits per heavy atom. The first-order valence-electron chi connectivity index (χ1n) is 7.07. The molecule has 117 valence electrons. The van der Waals surface area contributed by atoms with Crippen molar-refractivity contribution in [3.63, 3.8) is 0 Å². The zero-order valence-corrected chi connectivity index (χ0v) is 13.1. The van der Waals surface area contributed by atoms with Crippen LogP contribution < -0.4 is 0 Å². The van der Waals surface area contributed by atoms with Crippen LogP contribution in [0.1, 0.15) is 47.5 Å². The number of piperidine rings is 1. The molecule has 0 bridgehead atoms. The molecular weight excluding hydrogens is 262 g/mol. The van der Waals surface area contributed by atoms with E-state index in [1.165, 1.54) is 0 Å². The van der Waals surface area contributed by atoms with Crippen molar-refractivity contribution >= 4 is 6.16 Å². The minimum Gasteiger partial charge on any atom is -0.432 e. The molecule has 0 aliphatic carbocycles. The summed E-state index contributed by atoms with van der Waals surface area (Å²) in [5.74, 6) is 0. The lowest BCUT2D eigenvalue weighted by atomic mass is 9.80. The van der Waals surface area contributed by atoms with Crippen LogP contribution in [0.15, 0.2) is 0 Å². The number of hydrogen-bond acceptors (Lipinski definition) is 5. The molecule has 0 atom stereocenters. The van der Waals surface area contributed by atoms with Gasteiger partial charge in [0.15, 0.2) is 0 Å². The molecule has 1 heterocycles. The summed E-state index contributed by atoms with van der Waals surface area (Å²) in [7, 11) is 0. The number of nitrogens with zero attached hydrogens (tertiary/aromatic N) is 1. The predicted molar refractivity (Wildman–Crippen MR) is 72.6 cm³/mol. The second kappa shape index (κ2) is 6.74. The normalized spacial score (nSPS) is 22.5. The molecule has 0 saturated carbocycles. The van der Waals surface area contributed by atoms with Gasteiger partial charge < -0.3 is 14.2 Å². The first kappa shape index (κ1) is 17.2. The number of hydrogen-bond donors (Lipinski definition) is 0. The molecular formula is C14H26NO5. The van der Waals surface area contributed by atoms with Crippen LogP contribution in [0.2, 0.25) is 0 Å². The van der Waals surface area contributed by atoms with E-state index in [4.69, 9.17) is 14.2 Å². The van der Waals surface area contributed by atoms with Crippen LogP contribution in [0.3, 0.4) is 0 Å². The predicted octanol–water partition coefficient (Wildman–Crippen LogP) is 2.54. The molecule has 0 spiro atoms. The Kier molecular flexibility index (Phi) is 5.79. The van der Waals surface area contributed by atoms with E-state index in [0.717, 1.165) is 5.06 Å². The van der Waals surface area contributed by atoms with Gasteiger partial charge in [0.1, 0.15) is 12.7 Å². The van der Waals surface area contributed by atoms with Gasteiger partial charge >= 0.3 is 6.16 Å². The summed E-state index contributed by atoms with van der Waals surface area (Å²) in [4.78, 5) is 11.6. The van der Waals surface area contributed by atoms with Crippen molar-refractivity contribution in [2.75, 3.05) is 19.8 Å². The third-order valence-electron chi connectivity index (χ3n) is 3.47. The summed E-state index contributed by atoms with van der Waals surface area (Å²) in [6.07, 6.45) is 0.00601. The van der Waals surface area contributed by atoms with Gasteiger partial charge in [-0.2, -0.15) is 0 Å². The van der Waals surface area contributed by atoms with Crippen LogP contribution in [-0.4, -0.2) is 48.2 Å². The lowest BCUT2D eigenvalue weighted by molar-refractivity contribution is -0.298. The summed E-state index contributed by atoms with van der Waals surface area (Å²) >= 11 is 0. The van der Waals surface area contributed by atoms with Crippen molar-refractivity contribution < 1.29 is 24.2 Å². The van der Waals surface area contributed by atoms with Crippen LogP contribution in [0.25, 0.3) is 0 Å². The Morgan fingerprint density at radius 3 is 2.20 bits per heavy atom. The van der Waals surface area contributed by atoms with E-state index in [0.29, 0.717) is 26.1 Å². The average molecular weight is 288 g/mol. The maximum atomic E-state index is 12.2. The Hall–Kier alpha value is -0.850. The van der Waals surface area contributed by atoms with Gasteiger partial charge in [0.25, 0.3) is 0 Å². The highest BCUT2D eigenvalue weighted by atomic mass is 16.7. The monoisotopic (exact) mass is 288 g/mol. The van der Waals surface area contributed by atoms with Crippen molar-refractivity contribution in [2.45, 2.75) is 64.6 Å². The molecule has 0 aromatic heterocycles. The van der Waals surface area contributed by atoms with Gasteiger partial charge in [-0.15, -0.1) is 10.3 Å². The van der Waals surface area contributed by atoms with Crippen LogP contribution in [0, 0.1) is 0 Å². The maximum Gasteiger partial charge on any atom is 0.508 e. The SMILES string of the molecule is CCOCCOC(=O)OC1CC(C)(C)N([O])C(C)(C)C1. The zero-order chi connectivity index (χ0) is 15.4. The molecule has 1 aliphatic heterocycles. The lowest BCUT2D eigenvalue weighted by Crippen LogP contribution is -2.60. The largest absolute Gasteiger partial charge is 0.508 e. The Balaban J connectivity index is 2.46. The number of rotatable bonds is 5. The smallest absolute Gasteiger partial charge is 0.432 e. The van der Waals surface area contributed by atoms with Gasteiger partial charge in [0.2, 0.25) is 0 Å². The third-order valence-corrected chi connectivity index (χ3v) is 3.47. The van der Waals surface area contributed by atoms with E-state index in [1.807, 2.05) is 34.6 Å². The van der Waals surface area contributed by atoms with Crippen LogP contribution >= 0.6 is 0 Å². The lowest BCUT2D eigenvalue weighted by Gasteiger charge is -2.49.